The molecule has 9 nitrogen and oxygen atoms in total. The lowest BCUT2D eigenvalue weighted by atomic mass is 10.00. The lowest BCUT2D eigenvalue weighted by Gasteiger charge is -2.22. The molecule has 1 fully saturated rings. The highest BCUT2D eigenvalue weighted by molar-refractivity contribution is 5.94. The second-order valence-electron chi connectivity index (χ2n) is 5.44. The summed E-state index contributed by atoms with van der Waals surface area (Å²) in [6, 6.07) is 3.13. The molecule has 9 heteroatoms. The topological polar surface area (TPSA) is 130 Å². The molecule has 0 saturated carbocycles. The lowest BCUT2D eigenvalue weighted by Crippen LogP contribution is -2.37. The van der Waals surface area contributed by atoms with Crippen LogP contribution >= 0.6 is 0 Å². The molecule has 1 aromatic heterocycles. The highest BCUT2D eigenvalue weighted by atomic mass is 16.5. The number of hydrogen-bond donors (Lipinski definition) is 4. The summed E-state index contributed by atoms with van der Waals surface area (Å²) in [5.74, 6) is 1.02. The van der Waals surface area contributed by atoms with Gasteiger partial charge in [0.2, 0.25) is 0 Å². The van der Waals surface area contributed by atoms with Crippen LogP contribution in [-0.4, -0.2) is 54.6 Å². The number of piperidine rings is 1. The van der Waals surface area contributed by atoms with Crippen LogP contribution in [0.2, 0.25) is 0 Å². The van der Waals surface area contributed by atoms with Gasteiger partial charge in [-0.1, -0.05) is 0 Å². The average molecular weight is 336 g/mol. The SMILES string of the molecule is O=C(O)NC[C@@H]1CCCNC1.O=Cc1ccc2c(n1)NC(=O)CO2. The summed E-state index contributed by atoms with van der Waals surface area (Å²) in [7, 11) is 0. The zero-order valence-electron chi connectivity index (χ0n) is 13.1. The second kappa shape index (κ2) is 8.82. The Morgan fingerprint density at radius 1 is 1.50 bits per heavy atom. The molecule has 1 saturated heterocycles. The molecular weight excluding hydrogens is 316 g/mol. The molecule has 0 aliphatic carbocycles. The number of fused-ring (bicyclic) bond motifs is 1. The molecule has 0 radical (unpaired) electrons. The predicted octanol–water partition coefficient (Wildman–Crippen LogP) is 0.479. The van der Waals surface area contributed by atoms with Crippen molar-refractivity contribution in [2.24, 2.45) is 5.92 Å². The third-order valence-corrected chi connectivity index (χ3v) is 3.56. The molecule has 2 aliphatic heterocycles. The number of carbonyl (C=O) groups excluding carboxylic acids is 2. The molecule has 130 valence electrons. The van der Waals surface area contributed by atoms with E-state index in [0.29, 0.717) is 30.3 Å². The van der Waals surface area contributed by atoms with E-state index in [-0.39, 0.29) is 18.2 Å². The van der Waals surface area contributed by atoms with Gasteiger partial charge in [0.25, 0.3) is 5.91 Å². The molecule has 2 amide bonds. The van der Waals surface area contributed by atoms with Crippen LogP contribution < -0.4 is 20.7 Å². The average Bonchev–Trinajstić information content (AvgIpc) is 2.60. The van der Waals surface area contributed by atoms with E-state index in [0.717, 1.165) is 25.9 Å². The number of pyridine rings is 1. The number of amides is 2. The number of aromatic nitrogens is 1. The van der Waals surface area contributed by atoms with Crippen LogP contribution in [0.3, 0.4) is 0 Å². The molecule has 3 heterocycles. The zero-order chi connectivity index (χ0) is 17.4. The maximum Gasteiger partial charge on any atom is 0.404 e. The quantitative estimate of drug-likeness (QED) is 0.591. The predicted molar refractivity (Wildman–Crippen MR) is 85.4 cm³/mol. The van der Waals surface area contributed by atoms with Crippen molar-refractivity contribution in [3.8, 4) is 5.75 Å². The molecule has 2 aliphatic rings. The maximum atomic E-state index is 10.9. The second-order valence-corrected chi connectivity index (χ2v) is 5.44. The van der Waals surface area contributed by atoms with Crippen molar-refractivity contribution in [3.05, 3.63) is 17.8 Å². The van der Waals surface area contributed by atoms with Crippen molar-refractivity contribution in [3.63, 3.8) is 0 Å². The maximum absolute atomic E-state index is 10.9. The molecule has 0 unspecified atom stereocenters. The minimum Gasteiger partial charge on any atom is -0.480 e. The van der Waals surface area contributed by atoms with E-state index in [1.54, 1.807) is 6.07 Å². The van der Waals surface area contributed by atoms with E-state index in [9.17, 15) is 14.4 Å². The van der Waals surface area contributed by atoms with Crippen molar-refractivity contribution in [1.82, 2.24) is 15.6 Å². The number of carboxylic acid groups (broad SMARTS) is 1. The summed E-state index contributed by atoms with van der Waals surface area (Å²) in [5.41, 5.74) is 0.268. The van der Waals surface area contributed by atoms with Crippen LogP contribution in [0.1, 0.15) is 23.3 Å². The summed E-state index contributed by atoms with van der Waals surface area (Å²) in [6.07, 6.45) is 1.98. The Hall–Kier alpha value is -2.68. The Balaban J connectivity index is 0.000000177. The van der Waals surface area contributed by atoms with Gasteiger partial charge < -0.3 is 25.8 Å². The Labute approximate surface area is 138 Å². The number of anilines is 1. The first-order chi connectivity index (χ1) is 11.6. The number of hydrogen-bond acceptors (Lipinski definition) is 6. The fourth-order valence-electron chi connectivity index (χ4n) is 2.37. The highest BCUT2D eigenvalue weighted by Crippen LogP contribution is 2.24. The molecule has 0 bridgehead atoms. The number of ether oxygens (including phenoxy) is 1. The van der Waals surface area contributed by atoms with Crippen molar-refractivity contribution >= 4 is 24.1 Å². The number of nitrogens with one attached hydrogen (secondary N) is 3. The Morgan fingerprint density at radius 3 is 3.00 bits per heavy atom. The Morgan fingerprint density at radius 2 is 2.33 bits per heavy atom. The summed E-state index contributed by atoms with van der Waals surface area (Å²) in [5, 5.41) is 16.4. The number of carbonyl (C=O) groups is 3. The normalized spacial score (nSPS) is 18.8. The van der Waals surface area contributed by atoms with Gasteiger partial charge in [0.1, 0.15) is 5.69 Å². The number of aldehydes is 1. The molecular formula is C15H20N4O5. The summed E-state index contributed by atoms with van der Waals surface area (Å²) in [4.78, 5) is 35.2. The van der Waals surface area contributed by atoms with Crippen LogP contribution in [0.15, 0.2) is 12.1 Å². The third kappa shape index (κ3) is 5.51. The van der Waals surface area contributed by atoms with Crippen LogP contribution in [0, 0.1) is 5.92 Å². The summed E-state index contributed by atoms with van der Waals surface area (Å²) < 4.78 is 5.04. The first kappa shape index (κ1) is 17.7. The molecule has 24 heavy (non-hydrogen) atoms. The molecule has 3 rings (SSSR count). The van der Waals surface area contributed by atoms with Gasteiger partial charge in [-0.25, -0.2) is 9.78 Å². The largest absolute Gasteiger partial charge is 0.480 e. The third-order valence-electron chi connectivity index (χ3n) is 3.56. The number of rotatable bonds is 3. The van der Waals surface area contributed by atoms with Gasteiger partial charge in [-0.15, -0.1) is 0 Å². The van der Waals surface area contributed by atoms with E-state index >= 15 is 0 Å². The van der Waals surface area contributed by atoms with Gasteiger partial charge in [0.05, 0.1) is 0 Å². The van der Waals surface area contributed by atoms with Crippen LogP contribution in [0.25, 0.3) is 0 Å². The van der Waals surface area contributed by atoms with Gasteiger partial charge in [-0.3, -0.25) is 9.59 Å². The van der Waals surface area contributed by atoms with Crippen molar-refractivity contribution in [2.45, 2.75) is 12.8 Å². The van der Waals surface area contributed by atoms with Crippen molar-refractivity contribution in [1.29, 1.82) is 0 Å². The van der Waals surface area contributed by atoms with Crippen LogP contribution in [0.4, 0.5) is 10.6 Å². The first-order valence-electron chi connectivity index (χ1n) is 7.65. The molecule has 1 atom stereocenters. The molecule has 4 N–H and O–H groups in total. The van der Waals surface area contributed by atoms with E-state index in [1.165, 1.54) is 6.07 Å². The Bertz CT molecular complexity index is 602. The van der Waals surface area contributed by atoms with E-state index < -0.39 is 6.09 Å². The molecule has 1 aromatic rings. The molecule has 0 aromatic carbocycles. The Kier molecular flexibility index (Phi) is 6.50. The summed E-state index contributed by atoms with van der Waals surface area (Å²) in [6.45, 7) is 2.60. The van der Waals surface area contributed by atoms with E-state index in [1.807, 2.05) is 0 Å². The standard InChI is InChI=1S/C8H6N2O3.C7H14N2O2/c11-3-5-1-2-6-8(9-5)10-7(12)4-13-6;10-7(11)9-5-6-2-1-3-8-4-6/h1-3H,4H2,(H,9,10,12);6,8-9H,1-5H2,(H,10,11)/t;6-/m.1/s1. The highest BCUT2D eigenvalue weighted by Gasteiger charge is 2.17. The smallest absolute Gasteiger partial charge is 0.404 e. The van der Waals surface area contributed by atoms with Gasteiger partial charge in [-0.05, 0) is 44.0 Å². The lowest BCUT2D eigenvalue weighted by molar-refractivity contribution is -0.118. The minimum absolute atomic E-state index is 0.00485. The fraction of sp³-hybridized carbons (Fsp3) is 0.467. The summed E-state index contributed by atoms with van der Waals surface area (Å²) >= 11 is 0. The fourth-order valence-corrected chi connectivity index (χ4v) is 2.37. The van der Waals surface area contributed by atoms with Gasteiger partial charge in [0.15, 0.2) is 24.5 Å². The van der Waals surface area contributed by atoms with Crippen molar-refractivity contribution < 1.29 is 24.2 Å². The minimum atomic E-state index is -0.921. The number of nitrogens with zero attached hydrogens (tertiary/aromatic N) is 1. The van der Waals surface area contributed by atoms with E-state index in [2.05, 4.69) is 20.9 Å². The van der Waals surface area contributed by atoms with Crippen LogP contribution in [-0.2, 0) is 4.79 Å². The van der Waals surface area contributed by atoms with E-state index in [4.69, 9.17) is 9.84 Å². The zero-order valence-corrected chi connectivity index (χ0v) is 13.1. The van der Waals surface area contributed by atoms with Gasteiger partial charge >= 0.3 is 6.09 Å². The molecule has 0 spiro atoms. The van der Waals surface area contributed by atoms with Crippen molar-refractivity contribution in [2.75, 3.05) is 31.6 Å². The van der Waals surface area contributed by atoms with Gasteiger partial charge in [-0.2, -0.15) is 0 Å². The van der Waals surface area contributed by atoms with Crippen LogP contribution in [0.5, 0.6) is 5.75 Å². The first-order valence-corrected chi connectivity index (χ1v) is 7.65. The monoisotopic (exact) mass is 336 g/mol. The van der Waals surface area contributed by atoms with Gasteiger partial charge in [0, 0.05) is 6.54 Å².